The van der Waals surface area contributed by atoms with E-state index in [1.54, 1.807) is 0 Å². The lowest BCUT2D eigenvalue weighted by Crippen LogP contribution is -2.35. The Morgan fingerprint density at radius 1 is 0.909 bits per heavy atom. The van der Waals surface area contributed by atoms with Gasteiger partial charge in [-0.05, 0) is 48.0 Å². The van der Waals surface area contributed by atoms with E-state index in [0.717, 1.165) is 30.3 Å². The Labute approximate surface area is 124 Å². The minimum Gasteiger partial charge on any atom is -0.543 e. The van der Waals surface area contributed by atoms with E-state index in [0.29, 0.717) is 5.56 Å². The van der Waals surface area contributed by atoms with Crippen LogP contribution in [-0.2, 0) is 4.79 Å². The third kappa shape index (κ3) is 3.99. The lowest BCUT2D eigenvalue weighted by atomic mass is 10.1. The molecule has 0 atom stereocenters. The molecule has 0 saturated heterocycles. The molecule has 112 valence electrons. The number of aliphatic carboxylic acids is 1. The van der Waals surface area contributed by atoms with Gasteiger partial charge in [0.05, 0.1) is 11.7 Å². The number of hydrogen-bond donors (Lipinski definition) is 1. The quantitative estimate of drug-likeness (QED) is 0.870. The van der Waals surface area contributed by atoms with Crippen LogP contribution in [0.3, 0.4) is 0 Å². The van der Waals surface area contributed by atoms with Crippen LogP contribution in [0.15, 0.2) is 54.2 Å². The third-order valence-corrected chi connectivity index (χ3v) is 2.76. The predicted octanol–water partition coefficient (Wildman–Crippen LogP) is 1.49. The summed E-state index contributed by atoms with van der Waals surface area (Å²) in [5, 5.41) is 13.2. The number of benzene rings is 2. The third-order valence-electron chi connectivity index (χ3n) is 2.76. The highest BCUT2D eigenvalue weighted by Crippen LogP contribution is 2.08. The summed E-state index contributed by atoms with van der Waals surface area (Å²) in [5.74, 6) is -3.31. The minimum absolute atomic E-state index is 0.0904. The van der Waals surface area contributed by atoms with Crippen LogP contribution in [0.2, 0.25) is 0 Å². The Bertz CT molecular complexity index is 722. The normalized spacial score (nSPS) is 11.1. The zero-order valence-electron chi connectivity index (χ0n) is 11.2. The van der Waals surface area contributed by atoms with Crippen molar-refractivity contribution in [1.82, 2.24) is 5.32 Å². The maximum absolute atomic E-state index is 12.8. The molecule has 2 rings (SSSR count). The number of carbonyl (C=O) groups is 2. The highest BCUT2D eigenvalue weighted by Gasteiger charge is 2.09. The van der Waals surface area contributed by atoms with Gasteiger partial charge < -0.3 is 15.2 Å². The molecule has 0 aliphatic heterocycles. The van der Waals surface area contributed by atoms with E-state index in [1.165, 1.54) is 24.3 Å². The van der Waals surface area contributed by atoms with Crippen molar-refractivity contribution in [3.05, 3.63) is 77.0 Å². The molecule has 0 aromatic heterocycles. The molecule has 0 fully saturated rings. The van der Waals surface area contributed by atoms with Crippen molar-refractivity contribution in [3.63, 3.8) is 0 Å². The Morgan fingerprint density at radius 2 is 1.41 bits per heavy atom. The average Bonchev–Trinajstić information content (AvgIpc) is 2.49. The van der Waals surface area contributed by atoms with Gasteiger partial charge in [-0.3, -0.25) is 4.79 Å². The second-order valence-corrected chi connectivity index (χ2v) is 4.36. The van der Waals surface area contributed by atoms with E-state index < -0.39 is 29.2 Å². The van der Waals surface area contributed by atoms with Crippen LogP contribution >= 0.6 is 0 Å². The Balaban J connectivity index is 2.21. The van der Waals surface area contributed by atoms with Crippen molar-refractivity contribution in [2.75, 3.05) is 0 Å². The highest BCUT2D eigenvalue weighted by molar-refractivity contribution is 6.02. The smallest absolute Gasteiger partial charge is 0.255 e. The molecule has 1 amide bonds. The van der Waals surface area contributed by atoms with Gasteiger partial charge in [0.15, 0.2) is 0 Å². The SMILES string of the molecule is O=C([O-])/C(=C\c1ccc(F)cc1)NC(=O)c1ccc(F)cc1. The number of halogens is 2. The molecule has 0 bridgehead atoms. The molecule has 22 heavy (non-hydrogen) atoms. The summed E-state index contributed by atoms with van der Waals surface area (Å²) in [6.45, 7) is 0. The minimum atomic E-state index is -1.60. The number of carboxylic acid groups (broad SMARTS) is 1. The number of hydrogen-bond acceptors (Lipinski definition) is 3. The number of carbonyl (C=O) groups excluding carboxylic acids is 2. The Morgan fingerprint density at radius 3 is 1.91 bits per heavy atom. The number of nitrogens with one attached hydrogen (secondary N) is 1. The predicted molar refractivity (Wildman–Crippen MR) is 73.3 cm³/mol. The molecule has 0 unspecified atom stereocenters. The molecule has 2 aromatic rings. The topological polar surface area (TPSA) is 69.2 Å². The fourth-order valence-corrected chi connectivity index (χ4v) is 1.67. The zero-order valence-corrected chi connectivity index (χ0v) is 11.2. The first-order chi connectivity index (χ1) is 10.5. The fraction of sp³-hybridized carbons (Fsp3) is 0. The maximum Gasteiger partial charge on any atom is 0.255 e. The molecule has 0 spiro atoms. The molecule has 0 saturated carbocycles. The Hall–Kier alpha value is -3.02. The number of rotatable bonds is 4. The molecule has 0 radical (unpaired) electrons. The zero-order chi connectivity index (χ0) is 16.1. The van der Waals surface area contributed by atoms with Gasteiger partial charge in [-0.2, -0.15) is 0 Å². The van der Waals surface area contributed by atoms with Gasteiger partial charge in [-0.1, -0.05) is 12.1 Å². The number of carboxylic acids is 1. The molecular weight excluding hydrogens is 292 g/mol. The summed E-state index contributed by atoms with van der Waals surface area (Å²) in [4.78, 5) is 23.0. The lowest BCUT2D eigenvalue weighted by molar-refractivity contribution is -0.299. The first kappa shape index (κ1) is 15.4. The molecule has 0 aliphatic rings. The van der Waals surface area contributed by atoms with Crippen LogP contribution < -0.4 is 10.4 Å². The van der Waals surface area contributed by atoms with Gasteiger partial charge in [-0.25, -0.2) is 8.78 Å². The Kier molecular flexibility index (Phi) is 4.63. The summed E-state index contributed by atoms with van der Waals surface area (Å²) in [6, 6.07) is 9.60. The van der Waals surface area contributed by atoms with Gasteiger partial charge in [0.2, 0.25) is 0 Å². The van der Waals surface area contributed by atoms with E-state index in [-0.39, 0.29) is 5.56 Å². The molecule has 1 N–H and O–H groups in total. The summed E-state index contributed by atoms with van der Waals surface area (Å²) in [7, 11) is 0. The van der Waals surface area contributed by atoms with E-state index in [4.69, 9.17) is 0 Å². The summed E-state index contributed by atoms with van der Waals surface area (Å²) in [6.07, 6.45) is 1.14. The molecule has 0 heterocycles. The van der Waals surface area contributed by atoms with E-state index in [1.807, 2.05) is 0 Å². The second kappa shape index (κ2) is 6.62. The summed E-state index contributed by atoms with van der Waals surface area (Å²) in [5.41, 5.74) is -0.0198. The van der Waals surface area contributed by atoms with E-state index in [2.05, 4.69) is 5.32 Å². The van der Waals surface area contributed by atoms with Gasteiger partial charge >= 0.3 is 0 Å². The van der Waals surface area contributed by atoms with Crippen LogP contribution in [-0.4, -0.2) is 11.9 Å². The first-order valence-electron chi connectivity index (χ1n) is 6.21. The van der Waals surface area contributed by atoms with Crippen molar-refractivity contribution >= 4 is 18.0 Å². The van der Waals surface area contributed by atoms with Crippen LogP contribution in [0.25, 0.3) is 6.08 Å². The lowest BCUT2D eigenvalue weighted by Gasteiger charge is -2.11. The van der Waals surface area contributed by atoms with Crippen molar-refractivity contribution < 1.29 is 23.5 Å². The van der Waals surface area contributed by atoms with Gasteiger partial charge in [0.25, 0.3) is 5.91 Å². The second-order valence-electron chi connectivity index (χ2n) is 4.36. The molecule has 2 aromatic carbocycles. The summed E-state index contributed by atoms with van der Waals surface area (Å²) >= 11 is 0. The van der Waals surface area contributed by atoms with Crippen molar-refractivity contribution in [2.24, 2.45) is 0 Å². The van der Waals surface area contributed by atoms with Crippen molar-refractivity contribution in [1.29, 1.82) is 0 Å². The largest absolute Gasteiger partial charge is 0.543 e. The highest BCUT2D eigenvalue weighted by atomic mass is 19.1. The van der Waals surface area contributed by atoms with Crippen molar-refractivity contribution in [3.8, 4) is 0 Å². The van der Waals surface area contributed by atoms with Gasteiger partial charge in [-0.15, -0.1) is 0 Å². The monoisotopic (exact) mass is 302 g/mol. The molecular formula is C16H10F2NO3-. The molecule has 4 nitrogen and oxygen atoms in total. The molecule has 6 heteroatoms. The molecule has 0 aliphatic carbocycles. The van der Waals surface area contributed by atoms with Gasteiger partial charge in [0.1, 0.15) is 11.6 Å². The van der Waals surface area contributed by atoms with Crippen LogP contribution in [0.4, 0.5) is 8.78 Å². The van der Waals surface area contributed by atoms with E-state index >= 15 is 0 Å². The van der Waals surface area contributed by atoms with E-state index in [9.17, 15) is 23.5 Å². The maximum atomic E-state index is 12.8. The first-order valence-corrected chi connectivity index (χ1v) is 6.21. The van der Waals surface area contributed by atoms with Crippen molar-refractivity contribution in [2.45, 2.75) is 0 Å². The fourth-order valence-electron chi connectivity index (χ4n) is 1.67. The number of amides is 1. The van der Waals surface area contributed by atoms with Crippen LogP contribution in [0.1, 0.15) is 15.9 Å². The van der Waals surface area contributed by atoms with Gasteiger partial charge in [0, 0.05) is 5.56 Å². The standard InChI is InChI=1S/C16H11F2NO3/c17-12-5-1-10(2-6-12)9-14(16(21)22)19-15(20)11-3-7-13(18)8-4-11/h1-9H,(H,19,20)(H,21,22)/p-1/b14-9+. The average molecular weight is 302 g/mol. The van der Waals surface area contributed by atoms with Crippen LogP contribution in [0.5, 0.6) is 0 Å². The van der Waals surface area contributed by atoms with Crippen LogP contribution in [0, 0.1) is 11.6 Å². The summed E-state index contributed by atoms with van der Waals surface area (Å²) < 4.78 is 25.6.